The summed E-state index contributed by atoms with van der Waals surface area (Å²) in [5.74, 6) is 0.315. The van der Waals surface area contributed by atoms with Crippen LogP contribution in [0.3, 0.4) is 0 Å². The van der Waals surface area contributed by atoms with Crippen LogP contribution in [0.5, 0.6) is 11.6 Å². The number of carbonyl (C=O) groups excluding carboxylic acids is 2. The Morgan fingerprint density at radius 2 is 2.03 bits per heavy atom. The van der Waals surface area contributed by atoms with E-state index in [0.29, 0.717) is 49.5 Å². The second-order valence-corrected chi connectivity index (χ2v) is 7.15. The molecule has 1 aromatic heterocycles. The Morgan fingerprint density at radius 1 is 1.24 bits per heavy atom. The summed E-state index contributed by atoms with van der Waals surface area (Å²) in [7, 11) is 0. The normalized spacial score (nSPS) is 14.5. The smallest absolute Gasteiger partial charge is 0.224 e. The van der Waals surface area contributed by atoms with Gasteiger partial charge in [-0.1, -0.05) is 19.1 Å². The number of rotatable bonds is 7. The van der Waals surface area contributed by atoms with Gasteiger partial charge in [-0.3, -0.25) is 9.59 Å². The monoisotopic (exact) mass is 399 g/mol. The highest BCUT2D eigenvalue weighted by atomic mass is 19.1. The summed E-state index contributed by atoms with van der Waals surface area (Å²) in [4.78, 5) is 30.6. The summed E-state index contributed by atoms with van der Waals surface area (Å²) in [5.41, 5.74) is 0.709. The Balaban J connectivity index is 1.54. The van der Waals surface area contributed by atoms with E-state index in [0.717, 1.165) is 6.42 Å². The Labute approximate surface area is 170 Å². The molecule has 154 valence electrons. The van der Waals surface area contributed by atoms with Crippen LogP contribution < -0.4 is 10.1 Å². The van der Waals surface area contributed by atoms with E-state index in [1.54, 1.807) is 24.4 Å². The largest absolute Gasteiger partial charge is 0.439 e. The lowest BCUT2D eigenvalue weighted by molar-refractivity contribution is -0.135. The third-order valence-corrected chi connectivity index (χ3v) is 5.00. The molecule has 1 fully saturated rings. The quantitative estimate of drug-likeness (QED) is 0.771. The Hall–Kier alpha value is -2.96. The van der Waals surface area contributed by atoms with Crippen LogP contribution in [0.1, 0.15) is 38.2 Å². The second-order valence-electron chi connectivity index (χ2n) is 7.15. The summed E-state index contributed by atoms with van der Waals surface area (Å²) in [6.07, 6.45) is 4.32. The first kappa shape index (κ1) is 20.8. The van der Waals surface area contributed by atoms with Crippen LogP contribution in [0.4, 0.5) is 4.39 Å². The van der Waals surface area contributed by atoms with E-state index in [4.69, 9.17) is 4.74 Å². The number of hydrogen-bond donors (Lipinski definition) is 1. The van der Waals surface area contributed by atoms with E-state index < -0.39 is 5.82 Å². The molecule has 2 amide bonds. The maximum atomic E-state index is 13.4. The minimum Gasteiger partial charge on any atom is -0.439 e. The maximum absolute atomic E-state index is 13.4. The predicted octanol–water partition coefficient (Wildman–Crippen LogP) is 3.67. The minimum atomic E-state index is -0.392. The van der Waals surface area contributed by atoms with Gasteiger partial charge >= 0.3 is 0 Å². The number of nitrogens with zero attached hydrogens (tertiary/aromatic N) is 2. The summed E-state index contributed by atoms with van der Waals surface area (Å²) in [6.45, 7) is 3.50. The second kappa shape index (κ2) is 10.0. The van der Waals surface area contributed by atoms with E-state index in [-0.39, 0.29) is 24.3 Å². The van der Waals surface area contributed by atoms with E-state index in [1.807, 2.05) is 17.9 Å². The van der Waals surface area contributed by atoms with Crippen molar-refractivity contribution in [3.8, 4) is 11.6 Å². The molecule has 2 heterocycles. The van der Waals surface area contributed by atoms with Gasteiger partial charge in [-0.05, 0) is 37.5 Å². The average Bonchev–Trinajstić information content (AvgIpc) is 2.73. The van der Waals surface area contributed by atoms with Crippen molar-refractivity contribution in [2.24, 2.45) is 5.92 Å². The molecule has 29 heavy (non-hydrogen) atoms. The van der Waals surface area contributed by atoms with E-state index >= 15 is 0 Å². The van der Waals surface area contributed by atoms with Crippen LogP contribution in [0.25, 0.3) is 0 Å². The number of likely N-dealkylation sites (tertiary alicyclic amines) is 1. The molecule has 2 aromatic rings. The van der Waals surface area contributed by atoms with Gasteiger partial charge in [0.1, 0.15) is 11.6 Å². The molecular weight excluding hydrogens is 373 g/mol. The zero-order chi connectivity index (χ0) is 20.6. The molecule has 1 aliphatic rings. The van der Waals surface area contributed by atoms with Crippen molar-refractivity contribution in [1.29, 1.82) is 0 Å². The minimum absolute atomic E-state index is 0.0341. The van der Waals surface area contributed by atoms with Gasteiger partial charge in [-0.25, -0.2) is 9.37 Å². The van der Waals surface area contributed by atoms with Crippen molar-refractivity contribution in [2.75, 3.05) is 13.1 Å². The number of aromatic nitrogens is 1. The summed E-state index contributed by atoms with van der Waals surface area (Å²) in [5, 5.41) is 2.94. The first-order valence-electron chi connectivity index (χ1n) is 9.99. The number of hydrogen-bond acceptors (Lipinski definition) is 4. The molecule has 1 aromatic carbocycles. The van der Waals surface area contributed by atoms with Crippen molar-refractivity contribution < 1.29 is 18.7 Å². The van der Waals surface area contributed by atoms with Gasteiger partial charge in [0.15, 0.2) is 0 Å². The summed E-state index contributed by atoms with van der Waals surface area (Å²) in [6, 6.07) is 9.41. The highest BCUT2D eigenvalue weighted by molar-refractivity contribution is 5.80. The van der Waals surface area contributed by atoms with Crippen molar-refractivity contribution in [3.63, 3.8) is 0 Å². The number of carbonyl (C=O) groups is 2. The Bertz CT molecular complexity index is 851. The predicted molar refractivity (Wildman–Crippen MR) is 107 cm³/mol. The number of amides is 2. The number of benzene rings is 1. The molecule has 0 spiro atoms. The number of piperidine rings is 1. The zero-order valence-corrected chi connectivity index (χ0v) is 16.6. The molecule has 1 saturated heterocycles. The molecule has 7 heteroatoms. The molecule has 0 unspecified atom stereocenters. The molecule has 0 bridgehead atoms. The molecule has 1 N–H and O–H groups in total. The van der Waals surface area contributed by atoms with Gasteiger partial charge in [0.05, 0.1) is 0 Å². The number of halogens is 1. The highest BCUT2D eigenvalue weighted by Gasteiger charge is 2.26. The summed E-state index contributed by atoms with van der Waals surface area (Å²) >= 11 is 0. The molecule has 0 saturated carbocycles. The van der Waals surface area contributed by atoms with Crippen LogP contribution in [0, 0.1) is 11.7 Å². The van der Waals surface area contributed by atoms with Crippen molar-refractivity contribution in [3.05, 3.63) is 54.0 Å². The van der Waals surface area contributed by atoms with E-state index in [1.165, 1.54) is 12.1 Å². The third kappa shape index (κ3) is 5.76. The fraction of sp³-hybridized carbons (Fsp3) is 0.409. The molecule has 3 rings (SSSR count). The van der Waals surface area contributed by atoms with Crippen LogP contribution in [-0.2, 0) is 16.1 Å². The maximum Gasteiger partial charge on any atom is 0.224 e. The van der Waals surface area contributed by atoms with Crippen LogP contribution in [0.15, 0.2) is 42.6 Å². The summed E-state index contributed by atoms with van der Waals surface area (Å²) < 4.78 is 19.1. The fourth-order valence-electron chi connectivity index (χ4n) is 3.38. The van der Waals surface area contributed by atoms with Gasteiger partial charge in [0.25, 0.3) is 0 Å². The lowest BCUT2D eigenvalue weighted by Gasteiger charge is -2.31. The Kier molecular flexibility index (Phi) is 7.16. The van der Waals surface area contributed by atoms with Gasteiger partial charge < -0.3 is 15.0 Å². The Morgan fingerprint density at radius 3 is 2.76 bits per heavy atom. The number of pyridine rings is 1. The molecular formula is C22H26FN3O3. The van der Waals surface area contributed by atoms with Crippen LogP contribution in [-0.4, -0.2) is 34.8 Å². The molecule has 0 aliphatic carbocycles. The zero-order valence-electron chi connectivity index (χ0n) is 16.6. The standard InChI is InChI=1S/C22H26FN3O3/c1-2-5-20(27)26-12-9-16(10-13-26)21(28)25-15-17-6-4-11-24-22(17)29-19-8-3-7-18(23)14-19/h3-4,6-8,11,14,16H,2,5,9-10,12-13,15H2,1H3,(H,25,28). The third-order valence-electron chi connectivity index (χ3n) is 5.00. The SMILES string of the molecule is CCCC(=O)N1CCC(C(=O)NCc2cccnc2Oc2cccc(F)c2)CC1. The first-order chi connectivity index (χ1) is 14.1. The van der Waals surface area contributed by atoms with Gasteiger partial charge in [0.2, 0.25) is 17.7 Å². The van der Waals surface area contributed by atoms with Crippen molar-refractivity contribution in [2.45, 2.75) is 39.2 Å². The lowest BCUT2D eigenvalue weighted by atomic mass is 9.95. The molecule has 0 atom stereocenters. The topological polar surface area (TPSA) is 71.5 Å². The fourth-order valence-corrected chi connectivity index (χ4v) is 3.38. The van der Waals surface area contributed by atoms with Crippen LogP contribution >= 0.6 is 0 Å². The molecule has 1 aliphatic heterocycles. The van der Waals surface area contributed by atoms with Gasteiger partial charge in [-0.2, -0.15) is 0 Å². The van der Waals surface area contributed by atoms with Gasteiger partial charge in [0, 0.05) is 49.8 Å². The average molecular weight is 399 g/mol. The van der Waals surface area contributed by atoms with Crippen LogP contribution in [0.2, 0.25) is 0 Å². The van der Waals surface area contributed by atoms with E-state index in [9.17, 15) is 14.0 Å². The number of ether oxygens (including phenoxy) is 1. The molecule has 0 radical (unpaired) electrons. The van der Waals surface area contributed by atoms with Crippen molar-refractivity contribution in [1.82, 2.24) is 15.2 Å². The van der Waals surface area contributed by atoms with E-state index in [2.05, 4.69) is 10.3 Å². The molecule has 6 nitrogen and oxygen atoms in total. The van der Waals surface area contributed by atoms with Gasteiger partial charge in [-0.15, -0.1) is 0 Å². The van der Waals surface area contributed by atoms with Crippen molar-refractivity contribution >= 4 is 11.8 Å². The highest BCUT2D eigenvalue weighted by Crippen LogP contribution is 2.24. The first-order valence-corrected chi connectivity index (χ1v) is 9.99. The number of nitrogens with one attached hydrogen (secondary N) is 1. The lowest BCUT2D eigenvalue weighted by Crippen LogP contribution is -2.42.